The highest BCUT2D eigenvalue weighted by Gasteiger charge is 2.28. The number of aliphatic hydroxyl groups is 1. The summed E-state index contributed by atoms with van der Waals surface area (Å²) in [4.78, 5) is 0. The lowest BCUT2D eigenvalue weighted by molar-refractivity contribution is 0.0336. The fraction of sp³-hybridized carbons (Fsp3) is 0.600. The first-order chi connectivity index (χ1) is 6.58. The first kappa shape index (κ1) is 11.8. The highest BCUT2D eigenvalue weighted by molar-refractivity contribution is 9.10. The minimum atomic E-state index is -0.961. The van der Waals surface area contributed by atoms with Crippen LogP contribution in [0.4, 0.5) is 0 Å². The van der Waals surface area contributed by atoms with Crippen molar-refractivity contribution in [1.82, 2.24) is 5.32 Å². The number of hydrogen-bond donors (Lipinski definition) is 2. The largest absolute Gasteiger partial charge is 0.465 e. The second-order valence-electron chi connectivity index (χ2n) is 3.55. The van der Waals surface area contributed by atoms with Crippen LogP contribution >= 0.6 is 15.9 Å². The van der Waals surface area contributed by atoms with Crippen LogP contribution in [0.25, 0.3) is 0 Å². The van der Waals surface area contributed by atoms with Crippen molar-refractivity contribution in [2.75, 3.05) is 13.1 Å². The van der Waals surface area contributed by atoms with Gasteiger partial charge in [0.2, 0.25) is 0 Å². The van der Waals surface area contributed by atoms with Crippen molar-refractivity contribution in [1.29, 1.82) is 0 Å². The molecule has 0 aromatic carbocycles. The first-order valence-electron chi connectivity index (χ1n) is 4.74. The molecule has 0 fully saturated rings. The van der Waals surface area contributed by atoms with Crippen LogP contribution in [0, 0.1) is 0 Å². The lowest BCUT2D eigenvalue weighted by atomic mass is 10.0. The average molecular weight is 262 g/mol. The van der Waals surface area contributed by atoms with Gasteiger partial charge in [0, 0.05) is 6.54 Å². The number of halogens is 1. The summed E-state index contributed by atoms with van der Waals surface area (Å²) in [6, 6.07) is 1.78. The van der Waals surface area contributed by atoms with Gasteiger partial charge in [-0.25, -0.2) is 0 Å². The predicted molar refractivity (Wildman–Crippen MR) is 59.1 cm³/mol. The van der Waals surface area contributed by atoms with E-state index in [-0.39, 0.29) is 0 Å². The van der Waals surface area contributed by atoms with Gasteiger partial charge in [-0.2, -0.15) is 0 Å². The Labute approximate surface area is 92.6 Å². The molecule has 0 saturated heterocycles. The van der Waals surface area contributed by atoms with Gasteiger partial charge in [0.05, 0.1) is 10.7 Å². The molecule has 0 spiro atoms. The van der Waals surface area contributed by atoms with Gasteiger partial charge in [0.15, 0.2) is 0 Å². The van der Waals surface area contributed by atoms with E-state index in [0.717, 1.165) is 17.4 Å². The molecule has 1 rings (SSSR count). The molecule has 2 N–H and O–H groups in total. The van der Waals surface area contributed by atoms with E-state index < -0.39 is 5.60 Å². The summed E-state index contributed by atoms with van der Waals surface area (Å²) in [6.07, 6.45) is 2.61. The maximum atomic E-state index is 10.1. The zero-order chi connectivity index (χ0) is 10.6. The van der Waals surface area contributed by atoms with E-state index in [1.165, 1.54) is 0 Å². The van der Waals surface area contributed by atoms with Crippen LogP contribution in [0.2, 0.25) is 0 Å². The van der Waals surface area contributed by atoms with Crippen LogP contribution in [0.5, 0.6) is 0 Å². The van der Waals surface area contributed by atoms with Crippen LogP contribution in [0.1, 0.15) is 26.0 Å². The van der Waals surface area contributed by atoms with E-state index in [2.05, 4.69) is 28.2 Å². The molecular weight excluding hydrogens is 246 g/mol. The fourth-order valence-corrected chi connectivity index (χ4v) is 1.90. The van der Waals surface area contributed by atoms with Crippen molar-refractivity contribution >= 4 is 15.9 Å². The van der Waals surface area contributed by atoms with Gasteiger partial charge in [0.1, 0.15) is 11.4 Å². The van der Waals surface area contributed by atoms with Crippen LogP contribution in [0.15, 0.2) is 21.2 Å². The zero-order valence-corrected chi connectivity index (χ0v) is 10.1. The van der Waals surface area contributed by atoms with Crippen molar-refractivity contribution in [2.24, 2.45) is 0 Å². The number of furan rings is 1. The third kappa shape index (κ3) is 2.83. The van der Waals surface area contributed by atoms with E-state index in [1.807, 2.05) is 0 Å². The molecule has 0 aliphatic carbocycles. The Morgan fingerprint density at radius 2 is 2.36 bits per heavy atom. The smallest absolute Gasteiger partial charge is 0.150 e. The molecule has 1 unspecified atom stereocenters. The molecule has 0 amide bonds. The van der Waals surface area contributed by atoms with Gasteiger partial charge in [-0.1, -0.05) is 6.92 Å². The molecule has 0 bridgehead atoms. The van der Waals surface area contributed by atoms with E-state index >= 15 is 0 Å². The Morgan fingerprint density at radius 1 is 1.64 bits per heavy atom. The van der Waals surface area contributed by atoms with Crippen molar-refractivity contribution in [3.05, 3.63) is 22.6 Å². The van der Waals surface area contributed by atoms with Crippen LogP contribution in [0.3, 0.4) is 0 Å². The molecule has 80 valence electrons. The first-order valence-corrected chi connectivity index (χ1v) is 5.54. The average Bonchev–Trinajstić information content (AvgIpc) is 2.52. The third-order valence-electron chi connectivity index (χ3n) is 2.00. The van der Waals surface area contributed by atoms with Gasteiger partial charge < -0.3 is 14.8 Å². The molecule has 1 heterocycles. The molecule has 0 radical (unpaired) electrons. The Bertz CT molecular complexity index is 283. The van der Waals surface area contributed by atoms with Gasteiger partial charge in [0.25, 0.3) is 0 Å². The monoisotopic (exact) mass is 261 g/mol. The Balaban J connectivity index is 2.61. The second-order valence-corrected chi connectivity index (χ2v) is 4.40. The summed E-state index contributed by atoms with van der Waals surface area (Å²) in [5, 5.41) is 13.3. The highest BCUT2D eigenvalue weighted by atomic mass is 79.9. The van der Waals surface area contributed by atoms with Crippen LogP contribution in [-0.2, 0) is 5.60 Å². The molecule has 0 aliphatic heterocycles. The number of hydrogen-bond acceptors (Lipinski definition) is 3. The van der Waals surface area contributed by atoms with Crippen LogP contribution in [-0.4, -0.2) is 18.2 Å². The van der Waals surface area contributed by atoms with E-state index in [1.54, 1.807) is 19.3 Å². The summed E-state index contributed by atoms with van der Waals surface area (Å²) in [5.41, 5.74) is -0.961. The standard InChI is InChI=1S/C10H16BrNO2/c1-3-5-12-7-10(2,13)9-8(11)4-6-14-9/h4,6,12-13H,3,5,7H2,1-2H3. The quantitative estimate of drug-likeness (QED) is 0.800. The molecule has 4 heteroatoms. The number of nitrogens with one attached hydrogen (secondary N) is 1. The SMILES string of the molecule is CCCNCC(C)(O)c1occc1Br. The van der Waals surface area contributed by atoms with Crippen molar-refractivity contribution < 1.29 is 9.52 Å². The molecule has 1 atom stereocenters. The summed E-state index contributed by atoms with van der Waals surface area (Å²) in [5.74, 6) is 0.570. The molecular formula is C10H16BrNO2. The van der Waals surface area contributed by atoms with Crippen molar-refractivity contribution in [3.63, 3.8) is 0 Å². The summed E-state index contributed by atoms with van der Waals surface area (Å²) in [6.45, 7) is 5.21. The maximum Gasteiger partial charge on any atom is 0.150 e. The lowest BCUT2D eigenvalue weighted by Crippen LogP contribution is -2.35. The normalized spacial score (nSPS) is 15.4. The van der Waals surface area contributed by atoms with Gasteiger partial charge in [-0.3, -0.25) is 0 Å². The topological polar surface area (TPSA) is 45.4 Å². The number of rotatable bonds is 5. The Kier molecular flexibility index (Phi) is 4.16. The van der Waals surface area contributed by atoms with E-state index in [9.17, 15) is 5.11 Å². The molecule has 0 aliphatic rings. The van der Waals surface area contributed by atoms with Crippen LogP contribution < -0.4 is 5.32 Å². The summed E-state index contributed by atoms with van der Waals surface area (Å²) >= 11 is 3.33. The minimum absolute atomic E-state index is 0.493. The molecule has 1 aromatic heterocycles. The summed E-state index contributed by atoms with van der Waals surface area (Å²) < 4.78 is 6.03. The molecule has 1 aromatic rings. The van der Waals surface area contributed by atoms with Crippen molar-refractivity contribution in [2.45, 2.75) is 25.9 Å². The lowest BCUT2D eigenvalue weighted by Gasteiger charge is -2.21. The van der Waals surface area contributed by atoms with Crippen molar-refractivity contribution in [3.8, 4) is 0 Å². The minimum Gasteiger partial charge on any atom is -0.465 e. The van der Waals surface area contributed by atoms with Gasteiger partial charge in [-0.15, -0.1) is 0 Å². The predicted octanol–water partition coefficient (Wildman–Crippen LogP) is 2.25. The Morgan fingerprint density at radius 3 is 2.86 bits per heavy atom. The second kappa shape index (κ2) is 4.96. The zero-order valence-electron chi connectivity index (χ0n) is 8.51. The molecule has 0 saturated carbocycles. The highest BCUT2D eigenvalue weighted by Crippen LogP contribution is 2.28. The van der Waals surface area contributed by atoms with Gasteiger partial charge in [-0.05, 0) is 41.9 Å². The van der Waals surface area contributed by atoms with Gasteiger partial charge >= 0.3 is 0 Å². The summed E-state index contributed by atoms with van der Waals surface area (Å²) in [7, 11) is 0. The van der Waals surface area contributed by atoms with E-state index in [4.69, 9.17) is 4.42 Å². The third-order valence-corrected chi connectivity index (χ3v) is 2.63. The molecule has 14 heavy (non-hydrogen) atoms. The Hall–Kier alpha value is -0.320. The van der Waals surface area contributed by atoms with E-state index in [0.29, 0.717) is 12.3 Å². The molecule has 3 nitrogen and oxygen atoms in total. The maximum absolute atomic E-state index is 10.1. The fourth-order valence-electron chi connectivity index (χ4n) is 1.27.